The molecule has 0 radical (unpaired) electrons. The number of carbonyl (C=O) groups excluding carboxylic acids is 1. The fourth-order valence-corrected chi connectivity index (χ4v) is 3.17. The van der Waals surface area contributed by atoms with Crippen LogP contribution in [-0.2, 0) is 22.6 Å². The van der Waals surface area contributed by atoms with Crippen molar-refractivity contribution in [2.24, 2.45) is 5.92 Å². The van der Waals surface area contributed by atoms with Crippen LogP contribution in [0.2, 0.25) is 0 Å². The van der Waals surface area contributed by atoms with Gasteiger partial charge in [-0.2, -0.15) is 0 Å². The number of hydrogen-bond donors (Lipinski definition) is 2. The van der Waals surface area contributed by atoms with Crippen LogP contribution in [0.4, 0.5) is 0 Å². The van der Waals surface area contributed by atoms with Gasteiger partial charge in [-0.1, -0.05) is 37.3 Å². The lowest BCUT2D eigenvalue weighted by molar-refractivity contribution is -0.127. The number of H-pyrrole nitrogens is 1. The minimum atomic E-state index is -0.225. The average molecular weight is 340 g/mol. The molecule has 1 aliphatic rings. The number of ether oxygens (including phenoxy) is 1. The molecule has 1 heterocycles. The van der Waals surface area contributed by atoms with Crippen LogP contribution in [0.3, 0.4) is 0 Å². The predicted octanol–water partition coefficient (Wildman–Crippen LogP) is 2.72. The molecule has 1 amide bonds. The van der Waals surface area contributed by atoms with Crippen LogP contribution >= 0.6 is 0 Å². The maximum absolute atomic E-state index is 12.5. The van der Waals surface area contributed by atoms with Crippen molar-refractivity contribution in [3.05, 3.63) is 69.6 Å². The van der Waals surface area contributed by atoms with Gasteiger partial charge in [-0.3, -0.25) is 9.59 Å². The molecule has 0 aliphatic heterocycles. The summed E-state index contributed by atoms with van der Waals surface area (Å²) >= 11 is 0. The van der Waals surface area contributed by atoms with E-state index in [2.05, 4.69) is 10.3 Å². The molecule has 5 heteroatoms. The smallest absolute Gasteiger partial charge is 0.248 e. The summed E-state index contributed by atoms with van der Waals surface area (Å²) in [6.07, 6.45) is 2.70. The first-order chi connectivity index (χ1) is 12.1. The van der Waals surface area contributed by atoms with Gasteiger partial charge in [0.25, 0.3) is 0 Å². The summed E-state index contributed by atoms with van der Waals surface area (Å²) in [5, 5.41) is 3.10. The Labute approximate surface area is 147 Å². The second-order valence-corrected chi connectivity index (χ2v) is 6.61. The molecule has 3 rings (SSSR count). The molecule has 0 spiro atoms. The highest BCUT2D eigenvalue weighted by molar-refractivity contribution is 5.79. The van der Waals surface area contributed by atoms with Gasteiger partial charge in [0, 0.05) is 11.8 Å². The Balaban J connectivity index is 1.53. The van der Waals surface area contributed by atoms with Crippen LogP contribution in [0.5, 0.6) is 0 Å². The van der Waals surface area contributed by atoms with Gasteiger partial charge < -0.3 is 15.0 Å². The fourth-order valence-electron chi connectivity index (χ4n) is 3.17. The molecule has 1 aromatic carbocycles. The van der Waals surface area contributed by atoms with Crippen molar-refractivity contribution in [2.45, 2.75) is 38.8 Å². The first-order valence-electron chi connectivity index (χ1n) is 8.77. The van der Waals surface area contributed by atoms with Gasteiger partial charge in [-0.15, -0.1) is 0 Å². The number of fused-ring (bicyclic) bond motifs is 1. The number of aryl methyl sites for hydroxylation is 1. The van der Waals surface area contributed by atoms with Gasteiger partial charge in [-0.25, -0.2) is 0 Å². The molecule has 1 aliphatic carbocycles. The number of rotatable bonds is 6. The standard InChI is InChI=1S/C20H24N2O3/c1-14(12-25-13-15-6-3-2-4-7-15)20(24)22-18-9-5-8-17-16(18)10-11-19(23)21-17/h2-4,6-7,10-11,14,18H,5,8-9,12-13H2,1H3,(H,21,23)(H,22,24). The van der Waals surface area contributed by atoms with Crippen LogP contribution in [0.25, 0.3) is 0 Å². The largest absolute Gasteiger partial charge is 0.376 e. The zero-order valence-electron chi connectivity index (χ0n) is 14.5. The fraction of sp³-hybridized carbons (Fsp3) is 0.400. The van der Waals surface area contributed by atoms with Crippen LogP contribution in [0.1, 0.15) is 42.6 Å². The number of amides is 1. The number of carbonyl (C=O) groups is 1. The summed E-state index contributed by atoms with van der Waals surface area (Å²) in [5.74, 6) is -0.242. The van der Waals surface area contributed by atoms with Crippen molar-refractivity contribution >= 4 is 5.91 Å². The Kier molecular flexibility index (Phi) is 5.66. The molecule has 5 nitrogen and oxygen atoms in total. The minimum absolute atomic E-state index is 0.0166. The summed E-state index contributed by atoms with van der Waals surface area (Å²) < 4.78 is 5.67. The zero-order valence-corrected chi connectivity index (χ0v) is 14.5. The number of aromatic nitrogens is 1. The molecule has 1 aromatic heterocycles. The van der Waals surface area contributed by atoms with Crippen molar-refractivity contribution in [2.75, 3.05) is 6.61 Å². The van der Waals surface area contributed by atoms with E-state index in [1.807, 2.05) is 43.3 Å². The molecule has 2 aromatic rings. The van der Waals surface area contributed by atoms with E-state index in [0.717, 1.165) is 36.1 Å². The second kappa shape index (κ2) is 8.12. The van der Waals surface area contributed by atoms with Crippen LogP contribution in [-0.4, -0.2) is 17.5 Å². The summed E-state index contributed by atoms with van der Waals surface area (Å²) in [5.41, 5.74) is 2.97. The van der Waals surface area contributed by atoms with E-state index in [4.69, 9.17) is 4.74 Å². The molecular weight excluding hydrogens is 316 g/mol. The minimum Gasteiger partial charge on any atom is -0.376 e. The van der Waals surface area contributed by atoms with Crippen LogP contribution < -0.4 is 10.9 Å². The van der Waals surface area contributed by atoms with Gasteiger partial charge in [-0.05, 0) is 36.5 Å². The SMILES string of the molecule is CC(COCc1ccccc1)C(=O)NC1CCCc2[nH]c(=O)ccc21. The number of pyridine rings is 1. The van der Waals surface area contributed by atoms with Gasteiger partial charge >= 0.3 is 0 Å². The second-order valence-electron chi connectivity index (χ2n) is 6.61. The monoisotopic (exact) mass is 340 g/mol. The molecule has 0 saturated heterocycles. The van der Waals surface area contributed by atoms with Crippen LogP contribution in [0.15, 0.2) is 47.3 Å². The highest BCUT2D eigenvalue weighted by Gasteiger charge is 2.24. The summed E-state index contributed by atoms with van der Waals surface area (Å²) in [6, 6.07) is 13.2. The zero-order chi connectivity index (χ0) is 17.6. The van der Waals surface area contributed by atoms with Crippen molar-refractivity contribution in [3.8, 4) is 0 Å². The lowest BCUT2D eigenvalue weighted by atomic mass is 9.91. The number of benzene rings is 1. The molecule has 132 valence electrons. The van der Waals surface area contributed by atoms with E-state index in [-0.39, 0.29) is 23.4 Å². The van der Waals surface area contributed by atoms with E-state index >= 15 is 0 Å². The first-order valence-corrected chi connectivity index (χ1v) is 8.77. The van der Waals surface area contributed by atoms with E-state index < -0.39 is 0 Å². The van der Waals surface area contributed by atoms with Crippen molar-refractivity contribution in [1.82, 2.24) is 10.3 Å². The highest BCUT2D eigenvalue weighted by Crippen LogP contribution is 2.27. The molecule has 2 N–H and O–H groups in total. The molecular formula is C20H24N2O3. The average Bonchev–Trinajstić information content (AvgIpc) is 2.62. The van der Waals surface area contributed by atoms with E-state index in [1.54, 1.807) is 0 Å². The number of nitrogens with one attached hydrogen (secondary N) is 2. The maximum atomic E-state index is 12.5. The molecule has 0 bridgehead atoms. The van der Waals surface area contributed by atoms with E-state index in [0.29, 0.717) is 13.2 Å². The number of aromatic amines is 1. The van der Waals surface area contributed by atoms with E-state index in [9.17, 15) is 9.59 Å². The molecule has 0 fully saturated rings. The quantitative estimate of drug-likeness (QED) is 0.849. The predicted molar refractivity (Wildman–Crippen MR) is 96.1 cm³/mol. The normalized spacial score (nSPS) is 17.6. The highest BCUT2D eigenvalue weighted by atomic mass is 16.5. The van der Waals surface area contributed by atoms with Crippen molar-refractivity contribution in [1.29, 1.82) is 0 Å². The van der Waals surface area contributed by atoms with Crippen molar-refractivity contribution in [3.63, 3.8) is 0 Å². The summed E-state index contributed by atoms with van der Waals surface area (Å²) in [4.78, 5) is 26.8. The van der Waals surface area contributed by atoms with E-state index in [1.165, 1.54) is 6.07 Å². The summed E-state index contributed by atoms with van der Waals surface area (Å²) in [7, 11) is 0. The lowest BCUT2D eigenvalue weighted by Gasteiger charge is -2.27. The van der Waals surface area contributed by atoms with Crippen molar-refractivity contribution < 1.29 is 9.53 Å². The third-order valence-electron chi connectivity index (χ3n) is 4.58. The van der Waals surface area contributed by atoms with Gasteiger partial charge in [0.15, 0.2) is 0 Å². The Morgan fingerprint density at radius 1 is 1.28 bits per heavy atom. The topological polar surface area (TPSA) is 71.2 Å². The Morgan fingerprint density at radius 3 is 2.88 bits per heavy atom. The number of hydrogen-bond acceptors (Lipinski definition) is 3. The molecule has 25 heavy (non-hydrogen) atoms. The molecule has 0 saturated carbocycles. The Bertz CT molecular complexity index is 770. The Hall–Kier alpha value is -2.40. The van der Waals surface area contributed by atoms with Gasteiger partial charge in [0.05, 0.1) is 25.2 Å². The molecule has 2 unspecified atom stereocenters. The van der Waals surface area contributed by atoms with Gasteiger partial charge in [0.2, 0.25) is 11.5 Å². The summed E-state index contributed by atoms with van der Waals surface area (Å²) in [6.45, 7) is 2.76. The van der Waals surface area contributed by atoms with Gasteiger partial charge in [0.1, 0.15) is 0 Å². The third-order valence-corrected chi connectivity index (χ3v) is 4.58. The lowest BCUT2D eigenvalue weighted by Crippen LogP contribution is -2.36. The maximum Gasteiger partial charge on any atom is 0.248 e. The first kappa shape index (κ1) is 17.4. The molecule has 2 atom stereocenters. The van der Waals surface area contributed by atoms with Crippen LogP contribution in [0, 0.1) is 5.92 Å². The Morgan fingerprint density at radius 2 is 2.08 bits per heavy atom. The third kappa shape index (κ3) is 4.57.